The molecule has 0 amide bonds. The standard InChI is InChI=1S/C10H21NO4S/c1-3-8-16(13,14)11(2)9-10(12)4-6-15-7-5-10/h12H,3-9H2,1-2H3. The summed E-state index contributed by atoms with van der Waals surface area (Å²) in [6.07, 6.45) is 1.59. The van der Waals surface area contributed by atoms with Gasteiger partial charge >= 0.3 is 0 Å². The highest BCUT2D eigenvalue weighted by Crippen LogP contribution is 2.22. The lowest BCUT2D eigenvalue weighted by molar-refractivity contribution is -0.0689. The van der Waals surface area contributed by atoms with E-state index >= 15 is 0 Å². The number of aliphatic hydroxyl groups is 1. The van der Waals surface area contributed by atoms with Gasteiger partial charge in [-0.1, -0.05) is 6.92 Å². The highest BCUT2D eigenvalue weighted by molar-refractivity contribution is 7.89. The molecule has 0 spiro atoms. The topological polar surface area (TPSA) is 66.8 Å². The lowest BCUT2D eigenvalue weighted by atomic mass is 9.95. The van der Waals surface area contributed by atoms with Crippen molar-refractivity contribution in [1.82, 2.24) is 4.31 Å². The molecule has 1 saturated heterocycles. The van der Waals surface area contributed by atoms with E-state index in [1.165, 1.54) is 11.4 Å². The molecule has 6 heteroatoms. The van der Waals surface area contributed by atoms with Crippen LogP contribution in [-0.4, -0.2) is 56.0 Å². The molecule has 5 nitrogen and oxygen atoms in total. The van der Waals surface area contributed by atoms with E-state index in [0.29, 0.717) is 32.5 Å². The fourth-order valence-electron chi connectivity index (χ4n) is 1.84. The third kappa shape index (κ3) is 3.69. The van der Waals surface area contributed by atoms with Gasteiger partial charge in [0.25, 0.3) is 0 Å². The van der Waals surface area contributed by atoms with Crippen LogP contribution in [0.3, 0.4) is 0 Å². The molecule has 1 heterocycles. The summed E-state index contributed by atoms with van der Waals surface area (Å²) in [6.45, 7) is 2.99. The van der Waals surface area contributed by atoms with E-state index in [4.69, 9.17) is 4.74 Å². The molecule has 0 radical (unpaired) electrons. The van der Waals surface area contributed by atoms with Crippen LogP contribution in [0.5, 0.6) is 0 Å². The van der Waals surface area contributed by atoms with Gasteiger partial charge in [0.2, 0.25) is 10.0 Å². The van der Waals surface area contributed by atoms with Crippen molar-refractivity contribution in [2.24, 2.45) is 0 Å². The SMILES string of the molecule is CCCS(=O)(=O)N(C)CC1(O)CCOCC1. The number of ether oxygens (including phenoxy) is 1. The molecular weight excluding hydrogens is 230 g/mol. The fourth-order valence-corrected chi connectivity index (χ4v) is 3.10. The van der Waals surface area contributed by atoms with Crippen LogP contribution in [0.4, 0.5) is 0 Å². The summed E-state index contributed by atoms with van der Waals surface area (Å²) in [6, 6.07) is 0. The monoisotopic (exact) mass is 251 g/mol. The summed E-state index contributed by atoms with van der Waals surface area (Å²) >= 11 is 0. The molecule has 1 fully saturated rings. The zero-order valence-electron chi connectivity index (χ0n) is 9.98. The quantitative estimate of drug-likeness (QED) is 0.758. The van der Waals surface area contributed by atoms with Crippen LogP contribution in [0.25, 0.3) is 0 Å². The minimum atomic E-state index is -3.22. The zero-order chi connectivity index (χ0) is 12.2. The molecule has 1 aliphatic rings. The maximum absolute atomic E-state index is 11.7. The summed E-state index contributed by atoms with van der Waals surface area (Å²) in [5.74, 6) is 0.135. The Morgan fingerprint density at radius 3 is 2.44 bits per heavy atom. The maximum Gasteiger partial charge on any atom is 0.213 e. The van der Waals surface area contributed by atoms with Crippen molar-refractivity contribution in [3.05, 3.63) is 0 Å². The third-order valence-corrected chi connectivity index (χ3v) is 4.88. The molecule has 0 saturated carbocycles. The van der Waals surface area contributed by atoms with E-state index in [2.05, 4.69) is 0 Å². The zero-order valence-corrected chi connectivity index (χ0v) is 10.8. The lowest BCUT2D eigenvalue weighted by Crippen LogP contribution is -2.47. The van der Waals surface area contributed by atoms with Crippen LogP contribution in [0.2, 0.25) is 0 Å². The van der Waals surface area contributed by atoms with Crippen molar-refractivity contribution in [2.45, 2.75) is 31.8 Å². The van der Waals surface area contributed by atoms with Crippen molar-refractivity contribution in [2.75, 3.05) is 32.6 Å². The van der Waals surface area contributed by atoms with Crippen LogP contribution in [-0.2, 0) is 14.8 Å². The summed E-state index contributed by atoms with van der Waals surface area (Å²) in [5, 5.41) is 10.2. The van der Waals surface area contributed by atoms with Crippen molar-refractivity contribution < 1.29 is 18.3 Å². The largest absolute Gasteiger partial charge is 0.388 e. The van der Waals surface area contributed by atoms with Crippen LogP contribution >= 0.6 is 0 Å². The second kappa shape index (κ2) is 5.44. The first-order chi connectivity index (χ1) is 7.40. The lowest BCUT2D eigenvalue weighted by Gasteiger charge is -2.34. The Labute approximate surface area is 97.4 Å². The van der Waals surface area contributed by atoms with E-state index in [0.717, 1.165) is 0 Å². The van der Waals surface area contributed by atoms with Gasteiger partial charge in [-0.2, -0.15) is 0 Å². The molecule has 0 aromatic heterocycles. The maximum atomic E-state index is 11.7. The summed E-state index contributed by atoms with van der Waals surface area (Å²) < 4.78 is 29.9. The Balaban J connectivity index is 2.59. The van der Waals surface area contributed by atoms with Gasteiger partial charge in [0, 0.05) is 39.6 Å². The van der Waals surface area contributed by atoms with Gasteiger partial charge < -0.3 is 9.84 Å². The van der Waals surface area contributed by atoms with Gasteiger partial charge in [-0.25, -0.2) is 12.7 Å². The van der Waals surface area contributed by atoms with Gasteiger partial charge in [0.1, 0.15) is 0 Å². The third-order valence-electron chi connectivity index (χ3n) is 2.88. The predicted molar refractivity (Wildman–Crippen MR) is 61.7 cm³/mol. The number of nitrogens with zero attached hydrogens (tertiary/aromatic N) is 1. The van der Waals surface area contributed by atoms with E-state index < -0.39 is 15.6 Å². The number of likely N-dealkylation sites (N-methyl/N-ethyl adjacent to an activating group) is 1. The highest BCUT2D eigenvalue weighted by atomic mass is 32.2. The molecule has 1 aliphatic heterocycles. The first-order valence-corrected chi connectivity index (χ1v) is 7.25. The number of hydrogen-bond donors (Lipinski definition) is 1. The minimum Gasteiger partial charge on any atom is -0.388 e. The van der Waals surface area contributed by atoms with Crippen molar-refractivity contribution >= 4 is 10.0 Å². The molecule has 0 unspecified atom stereocenters. The van der Waals surface area contributed by atoms with Crippen LogP contribution in [0, 0.1) is 0 Å². The second-order valence-corrected chi connectivity index (χ2v) is 6.60. The van der Waals surface area contributed by atoms with Gasteiger partial charge in [-0.3, -0.25) is 0 Å². The Bertz CT molecular complexity index is 309. The van der Waals surface area contributed by atoms with E-state index in [-0.39, 0.29) is 12.3 Å². The predicted octanol–water partition coefficient (Wildman–Crippen LogP) is 0.199. The number of hydrogen-bond acceptors (Lipinski definition) is 4. The van der Waals surface area contributed by atoms with E-state index in [1.54, 1.807) is 0 Å². The Morgan fingerprint density at radius 2 is 1.94 bits per heavy atom. The first kappa shape index (κ1) is 13.9. The molecule has 0 aromatic carbocycles. The fraction of sp³-hybridized carbons (Fsp3) is 1.00. The first-order valence-electron chi connectivity index (χ1n) is 5.64. The smallest absolute Gasteiger partial charge is 0.213 e. The van der Waals surface area contributed by atoms with Crippen LogP contribution in [0.15, 0.2) is 0 Å². The van der Waals surface area contributed by atoms with Crippen molar-refractivity contribution in [1.29, 1.82) is 0 Å². The molecule has 96 valence electrons. The molecule has 0 aromatic rings. The molecule has 0 aliphatic carbocycles. The molecule has 16 heavy (non-hydrogen) atoms. The normalized spacial score (nSPS) is 21.2. The molecule has 1 rings (SSSR count). The molecular formula is C10H21NO4S. The summed E-state index contributed by atoms with van der Waals surface area (Å²) in [5.41, 5.74) is -0.923. The highest BCUT2D eigenvalue weighted by Gasteiger charge is 2.33. The van der Waals surface area contributed by atoms with Crippen LogP contribution < -0.4 is 0 Å². The second-order valence-electron chi connectivity index (χ2n) is 4.41. The van der Waals surface area contributed by atoms with Crippen molar-refractivity contribution in [3.63, 3.8) is 0 Å². The Morgan fingerprint density at radius 1 is 1.38 bits per heavy atom. The van der Waals surface area contributed by atoms with Crippen molar-refractivity contribution in [3.8, 4) is 0 Å². The number of rotatable bonds is 5. The van der Waals surface area contributed by atoms with E-state index in [9.17, 15) is 13.5 Å². The Kier molecular flexibility index (Phi) is 4.73. The summed E-state index contributed by atoms with van der Waals surface area (Å²) in [4.78, 5) is 0. The molecule has 1 N–H and O–H groups in total. The van der Waals surface area contributed by atoms with Gasteiger partial charge in [-0.15, -0.1) is 0 Å². The van der Waals surface area contributed by atoms with Gasteiger partial charge in [-0.05, 0) is 6.42 Å². The Hall–Kier alpha value is -0.170. The molecule has 0 atom stereocenters. The van der Waals surface area contributed by atoms with Gasteiger partial charge in [0.15, 0.2) is 0 Å². The van der Waals surface area contributed by atoms with Gasteiger partial charge in [0.05, 0.1) is 11.4 Å². The van der Waals surface area contributed by atoms with Crippen LogP contribution in [0.1, 0.15) is 26.2 Å². The average molecular weight is 251 g/mol. The van der Waals surface area contributed by atoms with E-state index in [1.807, 2.05) is 6.92 Å². The summed E-state index contributed by atoms with van der Waals surface area (Å²) in [7, 11) is -1.69. The average Bonchev–Trinajstić information content (AvgIpc) is 2.17. The minimum absolute atomic E-state index is 0.135. The molecule has 0 bridgehead atoms. The number of sulfonamides is 1.